The van der Waals surface area contributed by atoms with E-state index in [9.17, 15) is 4.79 Å². The van der Waals surface area contributed by atoms with Gasteiger partial charge in [0.25, 0.3) is 0 Å². The summed E-state index contributed by atoms with van der Waals surface area (Å²) in [5.74, 6) is 0. The van der Waals surface area contributed by atoms with E-state index in [4.69, 9.17) is 4.74 Å². The summed E-state index contributed by atoms with van der Waals surface area (Å²) in [6.45, 7) is 5.84. The zero-order chi connectivity index (χ0) is 17.6. The molecule has 136 valence electrons. The van der Waals surface area contributed by atoms with E-state index in [0.717, 1.165) is 51.5 Å². The molecular formula is C19H23N5O2. The van der Waals surface area contributed by atoms with Crippen LogP contribution in [-0.2, 0) is 17.8 Å². The van der Waals surface area contributed by atoms with Crippen molar-refractivity contribution in [3.8, 4) is 0 Å². The Labute approximate surface area is 152 Å². The Balaban J connectivity index is 1.26. The summed E-state index contributed by atoms with van der Waals surface area (Å²) in [5.41, 5.74) is 2.05. The predicted octanol–water partition coefficient (Wildman–Crippen LogP) is 1.30. The van der Waals surface area contributed by atoms with Crippen molar-refractivity contribution in [1.82, 2.24) is 24.7 Å². The molecule has 5 rings (SSSR count). The summed E-state index contributed by atoms with van der Waals surface area (Å²) in [5, 5.41) is 0. The molecule has 2 aromatic rings. The van der Waals surface area contributed by atoms with Crippen molar-refractivity contribution in [1.29, 1.82) is 0 Å². The second-order valence-corrected chi connectivity index (χ2v) is 7.58. The third-order valence-electron chi connectivity index (χ3n) is 5.78. The number of carbonyl (C=O) groups is 1. The molecule has 3 aliphatic rings. The first-order chi connectivity index (χ1) is 12.7. The fourth-order valence-corrected chi connectivity index (χ4v) is 4.50. The number of rotatable bonds is 4. The Hall–Kier alpha value is -2.38. The second-order valence-electron chi connectivity index (χ2n) is 7.58. The highest BCUT2D eigenvalue weighted by Crippen LogP contribution is 2.40. The molecule has 0 saturated carbocycles. The average molecular weight is 353 g/mol. The Kier molecular flexibility index (Phi) is 3.72. The minimum Gasteiger partial charge on any atom is -0.438 e. The van der Waals surface area contributed by atoms with Crippen molar-refractivity contribution in [2.24, 2.45) is 0 Å². The van der Waals surface area contributed by atoms with Gasteiger partial charge < -0.3 is 9.72 Å². The number of nitrogens with zero attached hydrogens (tertiary/aromatic N) is 4. The van der Waals surface area contributed by atoms with Crippen LogP contribution in [0.3, 0.4) is 0 Å². The molecule has 1 aromatic carbocycles. The monoisotopic (exact) mass is 353 g/mol. The molecule has 7 heteroatoms. The molecule has 26 heavy (non-hydrogen) atoms. The molecule has 4 heterocycles. The lowest BCUT2D eigenvalue weighted by Crippen LogP contribution is -2.70. The molecular weight excluding hydrogens is 330 g/mol. The number of aromatic nitrogens is 2. The number of amides is 1. The Morgan fingerprint density at radius 3 is 2.77 bits per heavy atom. The molecule has 3 aliphatic heterocycles. The molecule has 1 N–H and O–H groups in total. The van der Waals surface area contributed by atoms with Gasteiger partial charge in [0.1, 0.15) is 0 Å². The number of H-pyrrole nitrogens is 1. The number of hydrogen-bond acceptors (Lipinski definition) is 5. The highest BCUT2D eigenvalue weighted by Gasteiger charge is 2.61. The standard InChI is InChI=1S/C19H23N5O2/c25-18-24-7-6-22(9-15-4-2-1-3-5-15)11-17(24)19(26-18)12-23(13-19)10-16-8-20-14-21-16/h1-5,8,14,17H,6-7,9-13H2,(H,20,21). The lowest BCUT2D eigenvalue weighted by atomic mass is 9.84. The first-order valence-electron chi connectivity index (χ1n) is 9.17. The van der Waals surface area contributed by atoms with E-state index in [0.29, 0.717) is 0 Å². The lowest BCUT2D eigenvalue weighted by molar-refractivity contribution is -0.107. The summed E-state index contributed by atoms with van der Waals surface area (Å²) in [6.07, 6.45) is 3.40. The summed E-state index contributed by atoms with van der Waals surface area (Å²) in [7, 11) is 0. The maximum absolute atomic E-state index is 12.4. The number of fused-ring (bicyclic) bond motifs is 2. The van der Waals surface area contributed by atoms with Crippen molar-refractivity contribution in [3.63, 3.8) is 0 Å². The van der Waals surface area contributed by atoms with Gasteiger partial charge in [-0.05, 0) is 5.56 Å². The molecule has 1 unspecified atom stereocenters. The molecule has 0 bridgehead atoms. The predicted molar refractivity (Wildman–Crippen MR) is 95.3 cm³/mol. The summed E-state index contributed by atoms with van der Waals surface area (Å²) in [4.78, 5) is 26.2. The van der Waals surface area contributed by atoms with Crippen LogP contribution in [0.25, 0.3) is 0 Å². The van der Waals surface area contributed by atoms with Gasteiger partial charge in [-0.2, -0.15) is 0 Å². The largest absolute Gasteiger partial charge is 0.438 e. The zero-order valence-electron chi connectivity index (χ0n) is 14.7. The van der Waals surface area contributed by atoms with Crippen LogP contribution in [-0.4, -0.2) is 75.1 Å². The van der Waals surface area contributed by atoms with E-state index in [1.54, 1.807) is 6.33 Å². The fourth-order valence-electron chi connectivity index (χ4n) is 4.50. The van der Waals surface area contributed by atoms with E-state index >= 15 is 0 Å². The molecule has 1 atom stereocenters. The molecule has 7 nitrogen and oxygen atoms in total. The zero-order valence-corrected chi connectivity index (χ0v) is 14.7. The van der Waals surface area contributed by atoms with Gasteiger partial charge in [0, 0.05) is 57.7 Å². The number of imidazole rings is 1. The van der Waals surface area contributed by atoms with Crippen LogP contribution in [0.15, 0.2) is 42.9 Å². The summed E-state index contributed by atoms with van der Waals surface area (Å²) < 4.78 is 5.87. The van der Waals surface area contributed by atoms with Crippen LogP contribution in [0.1, 0.15) is 11.3 Å². The minimum absolute atomic E-state index is 0.143. The maximum atomic E-state index is 12.4. The average Bonchev–Trinajstić information content (AvgIpc) is 3.22. The minimum atomic E-state index is -0.355. The van der Waals surface area contributed by atoms with Crippen LogP contribution in [0.2, 0.25) is 0 Å². The number of ether oxygens (including phenoxy) is 1. The van der Waals surface area contributed by atoms with Gasteiger partial charge in [0.15, 0.2) is 5.60 Å². The molecule has 1 aromatic heterocycles. The van der Waals surface area contributed by atoms with Crippen LogP contribution < -0.4 is 0 Å². The van der Waals surface area contributed by atoms with Crippen LogP contribution in [0, 0.1) is 0 Å². The van der Waals surface area contributed by atoms with Crippen molar-refractivity contribution in [2.75, 3.05) is 32.7 Å². The molecule has 0 aliphatic carbocycles. The molecule has 1 spiro atoms. The molecule has 1 amide bonds. The smallest absolute Gasteiger partial charge is 0.410 e. The van der Waals surface area contributed by atoms with E-state index < -0.39 is 0 Å². The number of carbonyl (C=O) groups excluding carboxylic acids is 1. The first kappa shape index (κ1) is 15.8. The van der Waals surface area contributed by atoms with Crippen molar-refractivity contribution in [2.45, 2.75) is 24.7 Å². The fraction of sp³-hybridized carbons (Fsp3) is 0.474. The van der Waals surface area contributed by atoms with Crippen molar-refractivity contribution < 1.29 is 9.53 Å². The van der Waals surface area contributed by atoms with Gasteiger partial charge in [-0.3, -0.25) is 14.7 Å². The van der Waals surface area contributed by atoms with Crippen molar-refractivity contribution >= 4 is 6.09 Å². The third kappa shape index (κ3) is 2.68. The SMILES string of the molecule is O=C1OC2(CN(Cc3cnc[nH]3)C2)C2CN(Cc3ccccc3)CCN12. The highest BCUT2D eigenvalue weighted by atomic mass is 16.6. The van der Waals surface area contributed by atoms with Gasteiger partial charge in [0.05, 0.1) is 12.4 Å². The number of benzene rings is 1. The summed E-state index contributed by atoms with van der Waals surface area (Å²) >= 11 is 0. The second kappa shape index (κ2) is 6.10. The number of likely N-dealkylation sites (tertiary alicyclic amines) is 1. The van der Waals surface area contributed by atoms with Crippen LogP contribution >= 0.6 is 0 Å². The van der Waals surface area contributed by atoms with E-state index in [1.807, 2.05) is 17.2 Å². The van der Waals surface area contributed by atoms with Gasteiger partial charge >= 0.3 is 6.09 Å². The third-order valence-corrected chi connectivity index (χ3v) is 5.78. The number of hydrogen-bond donors (Lipinski definition) is 1. The normalized spacial score (nSPS) is 25.2. The molecule has 0 radical (unpaired) electrons. The van der Waals surface area contributed by atoms with Crippen LogP contribution in [0.5, 0.6) is 0 Å². The van der Waals surface area contributed by atoms with Crippen molar-refractivity contribution in [3.05, 3.63) is 54.1 Å². The molecule has 3 saturated heterocycles. The van der Waals surface area contributed by atoms with E-state index in [-0.39, 0.29) is 17.7 Å². The van der Waals surface area contributed by atoms with Gasteiger partial charge in [0.2, 0.25) is 0 Å². The van der Waals surface area contributed by atoms with Gasteiger partial charge in [-0.15, -0.1) is 0 Å². The topological polar surface area (TPSA) is 64.7 Å². The Bertz CT molecular complexity index is 772. The number of aromatic amines is 1. The van der Waals surface area contributed by atoms with E-state index in [1.165, 1.54) is 5.56 Å². The number of nitrogens with one attached hydrogen (secondary N) is 1. The van der Waals surface area contributed by atoms with Crippen LogP contribution in [0.4, 0.5) is 4.79 Å². The number of piperazine rings is 1. The van der Waals surface area contributed by atoms with E-state index in [2.05, 4.69) is 44.0 Å². The first-order valence-corrected chi connectivity index (χ1v) is 9.17. The highest BCUT2D eigenvalue weighted by molar-refractivity contribution is 5.72. The maximum Gasteiger partial charge on any atom is 0.410 e. The summed E-state index contributed by atoms with van der Waals surface area (Å²) in [6, 6.07) is 10.7. The van der Waals surface area contributed by atoms with Gasteiger partial charge in [-0.25, -0.2) is 9.78 Å². The molecule has 3 fully saturated rings. The Morgan fingerprint density at radius 1 is 1.15 bits per heavy atom. The van der Waals surface area contributed by atoms with Gasteiger partial charge in [-0.1, -0.05) is 30.3 Å². The quantitative estimate of drug-likeness (QED) is 0.898. The Morgan fingerprint density at radius 2 is 2.00 bits per heavy atom. The lowest BCUT2D eigenvalue weighted by Gasteiger charge is -2.51.